The van der Waals surface area contributed by atoms with Crippen molar-refractivity contribution >= 4 is 22.8 Å². The molecular formula is C20H25N5O3. The largest absolute Gasteiger partial charge is 0.495 e. The van der Waals surface area contributed by atoms with Crippen molar-refractivity contribution in [2.75, 3.05) is 18.6 Å². The minimum atomic E-state index is -0.344. The van der Waals surface area contributed by atoms with E-state index in [0.717, 1.165) is 23.5 Å². The molecule has 1 aliphatic rings. The van der Waals surface area contributed by atoms with Gasteiger partial charge in [-0.25, -0.2) is 4.79 Å². The van der Waals surface area contributed by atoms with Gasteiger partial charge in [0.15, 0.2) is 11.2 Å². The Labute approximate surface area is 162 Å². The molecule has 148 valence electrons. The Balaban J connectivity index is 2.05. The van der Waals surface area contributed by atoms with Gasteiger partial charge in [0.05, 0.1) is 12.8 Å². The summed E-state index contributed by atoms with van der Waals surface area (Å²) < 4.78 is 10.2. The molecule has 8 heteroatoms. The zero-order valence-corrected chi connectivity index (χ0v) is 16.9. The Hall–Kier alpha value is -3.03. The van der Waals surface area contributed by atoms with Crippen LogP contribution in [0.25, 0.3) is 11.2 Å². The number of hydrogen-bond acceptors (Lipinski definition) is 5. The van der Waals surface area contributed by atoms with E-state index < -0.39 is 0 Å². The van der Waals surface area contributed by atoms with Gasteiger partial charge in [-0.05, 0) is 37.5 Å². The van der Waals surface area contributed by atoms with Crippen LogP contribution in [0.5, 0.6) is 5.75 Å². The van der Waals surface area contributed by atoms with Crippen LogP contribution in [-0.4, -0.2) is 32.3 Å². The lowest BCUT2D eigenvalue weighted by Gasteiger charge is -2.33. The number of anilines is 2. The van der Waals surface area contributed by atoms with Gasteiger partial charge in [0, 0.05) is 26.7 Å². The molecule has 8 nitrogen and oxygen atoms in total. The molecule has 4 rings (SSSR count). The fourth-order valence-electron chi connectivity index (χ4n) is 4.00. The van der Waals surface area contributed by atoms with E-state index in [1.807, 2.05) is 23.6 Å². The maximum atomic E-state index is 13.0. The number of hydrogen-bond donors (Lipinski definition) is 0. The molecule has 0 saturated heterocycles. The van der Waals surface area contributed by atoms with Gasteiger partial charge in [0.25, 0.3) is 5.56 Å². The summed E-state index contributed by atoms with van der Waals surface area (Å²) in [5, 5.41) is 0. The average molecular weight is 383 g/mol. The molecule has 0 bridgehead atoms. The normalized spacial score (nSPS) is 16.5. The van der Waals surface area contributed by atoms with Crippen molar-refractivity contribution in [3.63, 3.8) is 0 Å². The fourth-order valence-corrected chi connectivity index (χ4v) is 4.00. The number of rotatable bonds is 3. The third-order valence-corrected chi connectivity index (χ3v) is 5.38. The SMILES string of the molecule is CCn1c(=O)c2c(nc3n2C[C@@H](C)CN3c2cc(C)ccc2OC)n(C)c1=O. The van der Waals surface area contributed by atoms with Crippen molar-refractivity contribution in [3.8, 4) is 5.75 Å². The Kier molecular flexibility index (Phi) is 4.28. The topological polar surface area (TPSA) is 74.3 Å². The van der Waals surface area contributed by atoms with Gasteiger partial charge >= 0.3 is 5.69 Å². The molecule has 28 heavy (non-hydrogen) atoms. The molecule has 3 aromatic rings. The second kappa shape index (κ2) is 6.54. The second-order valence-corrected chi connectivity index (χ2v) is 7.48. The molecule has 0 fully saturated rings. The summed E-state index contributed by atoms with van der Waals surface area (Å²) in [6.45, 7) is 7.72. The van der Waals surface area contributed by atoms with E-state index in [4.69, 9.17) is 9.72 Å². The maximum absolute atomic E-state index is 13.0. The van der Waals surface area contributed by atoms with Crippen LogP contribution >= 0.6 is 0 Å². The molecule has 0 spiro atoms. The standard InChI is InChI=1S/C20H25N5O3/c1-6-23-18(26)16-17(22(4)20(23)27)21-19-24(10-13(3)11-25(16)19)14-9-12(2)7-8-15(14)28-5/h7-9,13H,6,10-11H2,1-5H3/t13-/m0/s1. The lowest BCUT2D eigenvalue weighted by molar-refractivity contribution is 0.409. The average Bonchev–Trinajstić information content (AvgIpc) is 3.05. The van der Waals surface area contributed by atoms with E-state index >= 15 is 0 Å². The lowest BCUT2D eigenvalue weighted by atomic mass is 10.1. The van der Waals surface area contributed by atoms with Gasteiger partial charge in [-0.15, -0.1) is 0 Å². The fraction of sp³-hybridized carbons (Fsp3) is 0.450. The van der Waals surface area contributed by atoms with Gasteiger partial charge < -0.3 is 14.2 Å². The highest BCUT2D eigenvalue weighted by molar-refractivity contribution is 5.78. The lowest BCUT2D eigenvalue weighted by Crippen LogP contribution is -2.40. The molecule has 0 aliphatic carbocycles. The van der Waals surface area contributed by atoms with E-state index in [-0.39, 0.29) is 11.2 Å². The second-order valence-electron chi connectivity index (χ2n) is 7.48. The van der Waals surface area contributed by atoms with Gasteiger partial charge in [0.2, 0.25) is 5.95 Å². The summed E-state index contributed by atoms with van der Waals surface area (Å²) in [5.74, 6) is 1.71. The number of ether oxygens (including phenoxy) is 1. The molecule has 0 radical (unpaired) electrons. The summed E-state index contributed by atoms with van der Waals surface area (Å²) >= 11 is 0. The van der Waals surface area contributed by atoms with E-state index in [2.05, 4.69) is 17.9 Å². The highest BCUT2D eigenvalue weighted by Crippen LogP contribution is 2.38. The van der Waals surface area contributed by atoms with E-state index in [1.54, 1.807) is 21.1 Å². The van der Waals surface area contributed by atoms with E-state index in [9.17, 15) is 9.59 Å². The Bertz CT molecular complexity index is 1190. The monoisotopic (exact) mass is 383 g/mol. The molecule has 1 atom stereocenters. The third kappa shape index (κ3) is 2.55. The molecule has 1 aromatic carbocycles. The molecule has 1 aliphatic heterocycles. The van der Waals surface area contributed by atoms with Crippen LogP contribution in [-0.2, 0) is 20.1 Å². The molecule has 3 heterocycles. The smallest absolute Gasteiger partial charge is 0.332 e. The van der Waals surface area contributed by atoms with E-state index in [0.29, 0.717) is 36.1 Å². The number of aromatic nitrogens is 4. The van der Waals surface area contributed by atoms with Crippen molar-refractivity contribution < 1.29 is 4.74 Å². The zero-order chi connectivity index (χ0) is 20.2. The summed E-state index contributed by atoms with van der Waals surface area (Å²) in [6.07, 6.45) is 0. The van der Waals surface area contributed by atoms with Gasteiger partial charge in [0.1, 0.15) is 5.75 Å². The maximum Gasteiger partial charge on any atom is 0.332 e. The first-order valence-electron chi connectivity index (χ1n) is 9.49. The predicted molar refractivity (Wildman–Crippen MR) is 109 cm³/mol. The first-order valence-corrected chi connectivity index (χ1v) is 9.49. The predicted octanol–water partition coefficient (Wildman–Crippen LogP) is 2.02. The number of fused-ring (bicyclic) bond motifs is 3. The number of methoxy groups -OCH3 is 1. The van der Waals surface area contributed by atoms with Crippen LogP contribution in [0.15, 0.2) is 27.8 Å². The summed E-state index contributed by atoms with van der Waals surface area (Å²) in [7, 11) is 3.31. The minimum Gasteiger partial charge on any atom is -0.495 e. The van der Waals surface area contributed by atoms with Crippen molar-refractivity contribution in [2.24, 2.45) is 13.0 Å². The Morgan fingerprint density at radius 1 is 1.25 bits per heavy atom. The third-order valence-electron chi connectivity index (χ3n) is 5.38. The molecule has 0 saturated carbocycles. The summed E-state index contributed by atoms with van der Waals surface area (Å²) in [5.41, 5.74) is 2.28. The first kappa shape index (κ1) is 18.3. The number of benzene rings is 1. The van der Waals surface area contributed by atoms with Crippen LogP contribution in [0.4, 0.5) is 11.6 Å². The Morgan fingerprint density at radius 3 is 2.68 bits per heavy atom. The van der Waals surface area contributed by atoms with Gasteiger partial charge in [-0.1, -0.05) is 13.0 Å². The first-order chi connectivity index (χ1) is 13.4. The van der Waals surface area contributed by atoms with Crippen LogP contribution in [0.2, 0.25) is 0 Å². The van der Waals surface area contributed by atoms with Crippen LogP contribution in [0.1, 0.15) is 19.4 Å². The molecule has 0 N–H and O–H groups in total. The van der Waals surface area contributed by atoms with Crippen molar-refractivity contribution in [3.05, 3.63) is 44.6 Å². The van der Waals surface area contributed by atoms with E-state index in [1.165, 1.54) is 9.13 Å². The Morgan fingerprint density at radius 2 is 2.00 bits per heavy atom. The number of imidazole rings is 1. The van der Waals surface area contributed by atoms with Gasteiger partial charge in [-0.2, -0.15) is 4.98 Å². The molecule has 2 aromatic heterocycles. The molecule has 0 unspecified atom stereocenters. The summed E-state index contributed by atoms with van der Waals surface area (Å²) in [6, 6.07) is 6.00. The van der Waals surface area contributed by atoms with Crippen LogP contribution in [0.3, 0.4) is 0 Å². The summed E-state index contributed by atoms with van der Waals surface area (Å²) in [4.78, 5) is 32.4. The highest BCUT2D eigenvalue weighted by atomic mass is 16.5. The number of nitrogens with zero attached hydrogens (tertiary/aromatic N) is 5. The van der Waals surface area contributed by atoms with Crippen LogP contribution in [0, 0.1) is 12.8 Å². The minimum absolute atomic E-state index is 0.287. The number of aryl methyl sites for hydroxylation is 2. The van der Waals surface area contributed by atoms with Crippen molar-refractivity contribution in [1.82, 2.24) is 18.7 Å². The quantitative estimate of drug-likeness (QED) is 0.692. The highest BCUT2D eigenvalue weighted by Gasteiger charge is 2.31. The van der Waals surface area contributed by atoms with Gasteiger partial charge in [-0.3, -0.25) is 13.9 Å². The molecular weight excluding hydrogens is 358 g/mol. The van der Waals surface area contributed by atoms with Crippen molar-refractivity contribution in [1.29, 1.82) is 0 Å². The van der Waals surface area contributed by atoms with Crippen molar-refractivity contribution in [2.45, 2.75) is 33.9 Å². The molecule has 0 amide bonds. The zero-order valence-electron chi connectivity index (χ0n) is 16.9. The van der Waals surface area contributed by atoms with Crippen LogP contribution < -0.4 is 20.9 Å².